The van der Waals surface area contributed by atoms with Gasteiger partial charge < -0.3 is 48.3 Å². The van der Waals surface area contributed by atoms with E-state index in [9.17, 15) is 43.8 Å². The maximum Gasteiger partial charge on any atom is 0.243 e. The monoisotopic (exact) mass is 810 g/mol. The lowest BCUT2D eigenvalue weighted by Crippen LogP contribution is -2.63. The number of ketones is 2. The van der Waals surface area contributed by atoms with Gasteiger partial charge in [0.2, 0.25) is 29.5 Å². The first-order chi connectivity index (χ1) is 26.2. The van der Waals surface area contributed by atoms with E-state index in [2.05, 4.69) is 26.6 Å². The summed E-state index contributed by atoms with van der Waals surface area (Å²) >= 11 is 0. The molecule has 0 spiro atoms. The Bertz CT molecular complexity index is 1380. The van der Waals surface area contributed by atoms with Crippen molar-refractivity contribution in [1.29, 1.82) is 0 Å². The van der Waals surface area contributed by atoms with Gasteiger partial charge in [0, 0.05) is 24.3 Å². The second-order valence-electron chi connectivity index (χ2n) is 17.0. The quantitative estimate of drug-likeness (QED) is 0.0403. The third kappa shape index (κ3) is 18.6. The first kappa shape index (κ1) is 53.3. The Morgan fingerprint density at radius 2 is 1.19 bits per heavy atom. The van der Waals surface area contributed by atoms with Gasteiger partial charge in [-0.1, -0.05) is 53.7 Å². The van der Waals surface area contributed by atoms with Gasteiger partial charge >= 0.3 is 0 Å². The van der Waals surface area contributed by atoms with Crippen LogP contribution < -0.4 is 38.1 Å². The predicted octanol–water partition coefficient (Wildman–Crippen LogP) is 1.43. The van der Waals surface area contributed by atoms with E-state index in [0.29, 0.717) is 32.1 Å². The van der Waals surface area contributed by atoms with Crippen molar-refractivity contribution in [3.63, 3.8) is 0 Å². The molecule has 0 aromatic carbocycles. The maximum atomic E-state index is 13.8. The van der Waals surface area contributed by atoms with Crippen molar-refractivity contribution < 1.29 is 43.8 Å². The number of carbonyl (C=O) groups is 7. The molecule has 5 amide bonds. The van der Waals surface area contributed by atoms with Crippen LogP contribution in [-0.2, 0) is 33.6 Å². The van der Waals surface area contributed by atoms with Crippen LogP contribution in [0.3, 0.4) is 0 Å². The summed E-state index contributed by atoms with van der Waals surface area (Å²) in [5, 5.41) is 34.1. The molecular weight excluding hydrogens is 734 g/mol. The van der Waals surface area contributed by atoms with Crippen LogP contribution in [0.2, 0.25) is 0 Å². The van der Waals surface area contributed by atoms with Gasteiger partial charge in [-0.15, -0.1) is 0 Å². The van der Waals surface area contributed by atoms with Crippen molar-refractivity contribution in [3.8, 4) is 0 Å². The Morgan fingerprint density at radius 3 is 1.61 bits per heavy atom. The van der Waals surface area contributed by atoms with Crippen LogP contribution in [0.5, 0.6) is 0 Å². The fraction of sp³-hybridized carbons (Fsp3) is 0.780. The highest BCUT2D eigenvalue weighted by atomic mass is 16.3. The van der Waals surface area contributed by atoms with Crippen molar-refractivity contribution >= 4 is 41.1 Å². The van der Waals surface area contributed by atoms with Crippen molar-refractivity contribution in [2.75, 3.05) is 0 Å². The molecule has 8 atom stereocenters. The number of Topliss-reactive ketones (excluding diaryl/α,β-unsaturated/α-hetero) is 2. The van der Waals surface area contributed by atoms with E-state index in [-0.39, 0.29) is 48.7 Å². The number of carbonyl (C=O) groups excluding carboxylic acids is 7. The van der Waals surface area contributed by atoms with Gasteiger partial charge in [-0.05, 0) is 92.4 Å². The van der Waals surface area contributed by atoms with Gasteiger partial charge in [0.25, 0.3) is 0 Å². The van der Waals surface area contributed by atoms with E-state index in [4.69, 9.17) is 11.5 Å². The fourth-order valence-corrected chi connectivity index (χ4v) is 6.42. The molecule has 0 saturated heterocycles. The van der Waals surface area contributed by atoms with Gasteiger partial charge in [0.05, 0.1) is 23.3 Å². The van der Waals surface area contributed by atoms with Crippen molar-refractivity contribution in [2.45, 2.75) is 188 Å². The van der Waals surface area contributed by atoms with Gasteiger partial charge in [-0.3, -0.25) is 33.6 Å². The number of nitrogens with one attached hydrogen (secondary N) is 5. The lowest BCUT2D eigenvalue weighted by Gasteiger charge is -2.34. The minimum atomic E-state index is -1.31. The molecule has 0 aliphatic carbocycles. The third-order valence-corrected chi connectivity index (χ3v) is 9.86. The lowest BCUT2D eigenvalue weighted by atomic mass is 9.84. The summed E-state index contributed by atoms with van der Waals surface area (Å²) < 4.78 is 0. The third-order valence-electron chi connectivity index (χ3n) is 9.86. The van der Waals surface area contributed by atoms with Gasteiger partial charge in [0.1, 0.15) is 24.2 Å². The molecule has 0 aromatic heterocycles. The van der Waals surface area contributed by atoms with Gasteiger partial charge in [-0.25, -0.2) is 0 Å². The largest absolute Gasteiger partial charge is 0.391 e. The number of unbranched alkanes of at least 4 members (excludes halogenated alkanes) is 2. The summed E-state index contributed by atoms with van der Waals surface area (Å²) in [6, 6.07) is -4.62. The summed E-state index contributed by atoms with van der Waals surface area (Å²) in [7, 11) is 0. The number of amides is 5. The highest BCUT2D eigenvalue weighted by Gasteiger charge is 2.39. The minimum absolute atomic E-state index is 0.0502. The molecule has 0 radical (unpaired) electrons. The predicted molar refractivity (Wildman–Crippen MR) is 220 cm³/mol. The van der Waals surface area contributed by atoms with Gasteiger partial charge in [0.15, 0.2) is 11.6 Å². The molecular formula is C41H75N7O9. The SMILES string of the molecule is CC(C)N[C@@](C)(CCC/C=C/CCC[C@](C)(NC(=O)[C@H](CCC(N)=O)NC(=O)[C@H](N)[C@@H](C)O)C(=O)C(C)C)C(=O)N[C@H](C(=O)N[C@H](C(=O)C(C)C)[C@@H](C)O)C(C)C. The molecule has 16 heteroatoms. The second-order valence-corrected chi connectivity index (χ2v) is 17.0. The zero-order valence-electron chi connectivity index (χ0n) is 36.5. The highest BCUT2D eigenvalue weighted by Crippen LogP contribution is 2.22. The first-order valence-corrected chi connectivity index (χ1v) is 20.3. The van der Waals surface area contributed by atoms with E-state index in [1.54, 1.807) is 55.4 Å². The Balaban J connectivity index is 5.66. The zero-order chi connectivity index (χ0) is 44.4. The topological polar surface area (TPSA) is 272 Å². The first-order valence-electron chi connectivity index (χ1n) is 20.3. The van der Waals surface area contributed by atoms with Crippen LogP contribution in [0, 0.1) is 17.8 Å². The Hall–Kier alpha value is -3.73. The molecule has 0 heterocycles. The standard InChI is InChI=1S/C41H75N7O9/c1-23(2)32(38(56)45-33(28(10)50)34(52)24(3)4)46-39(57)41(12,47-26(7)8)22-18-16-14-13-15-17-21-40(11,35(53)25(5)6)48-36(54)29(19-20-30(42)51)44-37(55)31(43)27(9)49/h13-14,23-29,31-33,47,49-50H,15-22,43H2,1-12H3,(H2,42,51)(H,44,55)(H,45,56)(H,46,57)(H,48,54)/b14-13+/t27-,28-,29+,31-,32+,33+,40+,41+/m1/s1. The van der Waals surface area contributed by atoms with Crippen LogP contribution in [-0.4, -0.2) is 105 Å². The molecule has 0 aliphatic rings. The van der Waals surface area contributed by atoms with E-state index in [1.807, 2.05) is 26.0 Å². The maximum absolute atomic E-state index is 13.8. The highest BCUT2D eigenvalue weighted by molar-refractivity contribution is 5.97. The molecule has 0 rings (SSSR count). The number of aliphatic hydroxyl groups is 2. The minimum Gasteiger partial charge on any atom is -0.391 e. The Labute approximate surface area is 340 Å². The lowest BCUT2D eigenvalue weighted by molar-refractivity contribution is -0.136. The van der Waals surface area contributed by atoms with E-state index in [0.717, 1.165) is 0 Å². The van der Waals surface area contributed by atoms with E-state index >= 15 is 0 Å². The summed E-state index contributed by atoms with van der Waals surface area (Å²) in [6.07, 6.45) is 4.44. The summed E-state index contributed by atoms with van der Waals surface area (Å²) in [5.74, 6) is -4.70. The number of hydrogen-bond donors (Lipinski definition) is 9. The van der Waals surface area contributed by atoms with Crippen molar-refractivity contribution in [3.05, 3.63) is 12.2 Å². The number of aliphatic hydroxyl groups excluding tert-OH is 2. The van der Waals surface area contributed by atoms with Crippen LogP contribution >= 0.6 is 0 Å². The Kier molecular flexibility index (Phi) is 23.3. The number of rotatable bonds is 28. The molecule has 16 nitrogen and oxygen atoms in total. The summed E-state index contributed by atoms with van der Waals surface area (Å²) in [6.45, 7) is 20.4. The van der Waals surface area contributed by atoms with E-state index in [1.165, 1.54) is 13.8 Å². The second kappa shape index (κ2) is 24.9. The molecule has 57 heavy (non-hydrogen) atoms. The molecule has 0 saturated carbocycles. The van der Waals surface area contributed by atoms with Crippen LogP contribution in [0.1, 0.15) is 134 Å². The molecule has 0 aliphatic heterocycles. The Morgan fingerprint density at radius 1 is 0.667 bits per heavy atom. The van der Waals surface area contributed by atoms with E-state index < -0.39 is 82.9 Å². The van der Waals surface area contributed by atoms with Crippen LogP contribution in [0.25, 0.3) is 0 Å². The van der Waals surface area contributed by atoms with Crippen molar-refractivity contribution in [2.24, 2.45) is 29.2 Å². The average Bonchev–Trinajstić information content (AvgIpc) is 3.09. The van der Waals surface area contributed by atoms with Crippen LogP contribution in [0.15, 0.2) is 12.2 Å². The molecule has 11 N–H and O–H groups in total. The number of allylic oxidation sites excluding steroid dienone is 2. The smallest absolute Gasteiger partial charge is 0.243 e. The zero-order valence-corrected chi connectivity index (χ0v) is 36.5. The summed E-state index contributed by atoms with van der Waals surface area (Å²) in [5.41, 5.74) is 8.71. The summed E-state index contributed by atoms with van der Waals surface area (Å²) in [4.78, 5) is 90.7. The van der Waals surface area contributed by atoms with Crippen molar-refractivity contribution in [1.82, 2.24) is 26.6 Å². The number of nitrogens with two attached hydrogens (primary N) is 2. The molecule has 0 bridgehead atoms. The molecule has 0 unspecified atom stereocenters. The molecule has 0 aromatic rings. The molecule has 328 valence electrons. The normalized spacial score (nSPS) is 17.2. The number of primary amides is 1. The number of hydrogen-bond acceptors (Lipinski definition) is 11. The average molecular weight is 810 g/mol. The van der Waals surface area contributed by atoms with Crippen LogP contribution in [0.4, 0.5) is 0 Å². The fourth-order valence-electron chi connectivity index (χ4n) is 6.42. The molecule has 0 fully saturated rings. The van der Waals surface area contributed by atoms with Gasteiger partial charge in [-0.2, -0.15) is 0 Å².